The Labute approximate surface area is 370 Å². The van der Waals surface area contributed by atoms with Gasteiger partial charge in [0.25, 0.3) is 0 Å². The second-order valence-corrected chi connectivity index (χ2v) is 18.0. The lowest BCUT2D eigenvalue weighted by Gasteiger charge is -2.22. The van der Waals surface area contributed by atoms with Crippen LogP contribution in [0, 0.1) is 0 Å². The van der Waals surface area contributed by atoms with Gasteiger partial charge in [-0.2, -0.15) is 0 Å². The second-order valence-electron chi connectivity index (χ2n) is 17.0. The number of hydrogen-bond donors (Lipinski definition) is 0. The molecule has 0 saturated carbocycles. The molecule has 0 saturated heterocycles. The molecule has 9 aromatic carbocycles. The van der Waals surface area contributed by atoms with E-state index in [0.717, 1.165) is 73.4 Å². The van der Waals surface area contributed by atoms with E-state index < -0.39 is 0 Å². The molecule has 0 N–H and O–H groups in total. The van der Waals surface area contributed by atoms with Crippen molar-refractivity contribution in [2.24, 2.45) is 0 Å². The zero-order valence-corrected chi connectivity index (χ0v) is 35.2. The van der Waals surface area contributed by atoms with Crippen molar-refractivity contribution in [2.75, 3.05) is 0 Å². The van der Waals surface area contributed by atoms with E-state index in [1.54, 1.807) is 0 Å². The van der Waals surface area contributed by atoms with Gasteiger partial charge in [0.15, 0.2) is 17.5 Å². The summed E-state index contributed by atoms with van der Waals surface area (Å²) in [4.78, 5) is 16.4. The Morgan fingerprint density at radius 1 is 0.422 bits per heavy atom. The van der Waals surface area contributed by atoms with Gasteiger partial charge in [-0.15, -0.1) is 11.3 Å². The van der Waals surface area contributed by atoms with Crippen molar-refractivity contribution in [3.63, 3.8) is 0 Å². The fourth-order valence-electron chi connectivity index (χ4n) is 10.4. The van der Waals surface area contributed by atoms with Crippen LogP contribution in [-0.2, 0) is 6.42 Å². The molecule has 0 radical (unpaired) electrons. The average Bonchev–Trinajstić information content (AvgIpc) is 4.01. The maximum Gasteiger partial charge on any atom is 0.165 e. The number of hydrogen-bond acceptors (Lipinski definition) is 6. The second kappa shape index (κ2) is 13.8. The van der Waals surface area contributed by atoms with Gasteiger partial charge >= 0.3 is 0 Å². The number of aromatic nitrogens is 3. The smallest absolute Gasteiger partial charge is 0.165 e. The third kappa shape index (κ3) is 5.46. The summed E-state index contributed by atoms with van der Waals surface area (Å²) in [5.74, 6) is 1.86. The van der Waals surface area contributed by atoms with E-state index in [2.05, 4.69) is 158 Å². The molecule has 0 amide bonds. The Hall–Kier alpha value is -7.93. The average molecular weight is 838 g/mol. The fourth-order valence-corrected chi connectivity index (χ4v) is 11.5. The molecule has 5 nitrogen and oxygen atoms in total. The number of furan rings is 2. The van der Waals surface area contributed by atoms with Crippen molar-refractivity contribution in [1.29, 1.82) is 0 Å². The molecule has 0 spiro atoms. The van der Waals surface area contributed by atoms with Crippen LogP contribution in [0.25, 0.3) is 120 Å². The van der Waals surface area contributed by atoms with Gasteiger partial charge in [-0.25, -0.2) is 15.0 Å². The maximum absolute atomic E-state index is 6.66. The molecule has 1 aliphatic carbocycles. The van der Waals surface area contributed by atoms with Crippen LogP contribution in [0.1, 0.15) is 29.0 Å². The molecule has 64 heavy (non-hydrogen) atoms. The van der Waals surface area contributed by atoms with Gasteiger partial charge in [0.2, 0.25) is 0 Å². The molecule has 6 heteroatoms. The third-order valence-corrected chi connectivity index (χ3v) is 14.5. The number of aryl methyl sites for hydroxylation is 1. The van der Waals surface area contributed by atoms with Crippen LogP contribution in [0.5, 0.6) is 0 Å². The van der Waals surface area contributed by atoms with Gasteiger partial charge in [-0.05, 0) is 118 Å². The van der Waals surface area contributed by atoms with E-state index in [1.165, 1.54) is 58.8 Å². The summed E-state index contributed by atoms with van der Waals surface area (Å²) in [6, 6.07) is 64.9. The highest BCUT2D eigenvalue weighted by Crippen LogP contribution is 2.48. The molecule has 0 bridgehead atoms. The van der Waals surface area contributed by atoms with Crippen LogP contribution in [0.4, 0.5) is 0 Å². The molecule has 13 aromatic rings. The van der Waals surface area contributed by atoms with Gasteiger partial charge in [-0.3, -0.25) is 0 Å². The monoisotopic (exact) mass is 837 g/mol. The molecule has 4 heterocycles. The van der Waals surface area contributed by atoms with E-state index in [-0.39, 0.29) is 5.92 Å². The van der Waals surface area contributed by atoms with Crippen LogP contribution in [-0.4, -0.2) is 15.0 Å². The first-order valence-electron chi connectivity index (χ1n) is 21.8. The molecule has 14 rings (SSSR count). The number of benzene rings is 9. The molecular weight excluding hydrogens is 803 g/mol. The van der Waals surface area contributed by atoms with Crippen molar-refractivity contribution >= 4 is 86.2 Å². The SMILES string of the molecule is c1ccc2c(c1)-c1cc3ccccc3cc1CCC2c1ccc2oc3ccccc3c2c1-c1nc(-c2ccc3oc4ccccc4c3c2)nc(-c2ccc3sc4ccccc4c3c2)n1. The normalized spacial score (nSPS) is 14.0. The van der Waals surface area contributed by atoms with Crippen LogP contribution in [0.15, 0.2) is 191 Å². The molecule has 0 aliphatic heterocycles. The summed E-state index contributed by atoms with van der Waals surface area (Å²) in [5, 5.41) is 9.07. The summed E-state index contributed by atoms with van der Waals surface area (Å²) in [5.41, 5.74) is 12.5. The van der Waals surface area contributed by atoms with Crippen LogP contribution < -0.4 is 0 Å². The van der Waals surface area contributed by atoms with Crippen molar-refractivity contribution in [3.8, 4) is 45.3 Å². The van der Waals surface area contributed by atoms with Crippen molar-refractivity contribution in [3.05, 3.63) is 199 Å². The highest BCUT2D eigenvalue weighted by molar-refractivity contribution is 7.25. The summed E-state index contributed by atoms with van der Waals surface area (Å²) in [6.07, 6.45) is 1.83. The topological polar surface area (TPSA) is 65.0 Å². The van der Waals surface area contributed by atoms with Gasteiger partial charge in [0, 0.05) is 64.3 Å². The fraction of sp³-hybridized carbons (Fsp3) is 0.0517. The molecule has 1 atom stereocenters. The standard InChI is InChI=1S/C58H35N3O2S/c1-2-12-34-30-45-35(29-33(34)11-1)21-24-40(38-13-3-4-14-39(38)45)43-25-27-51-54(44-17-6-9-19-49(44)63-51)55(43)58-60-56(36-22-26-50-46(31-36)41-15-5-8-18-48(41)62-50)59-57(61-58)37-23-28-53-47(32-37)42-16-7-10-20-52(42)64-53/h1-20,22-23,25-32,40H,21,24H2. The Kier molecular flexibility index (Phi) is 7.68. The largest absolute Gasteiger partial charge is 0.456 e. The molecule has 1 aliphatic rings. The third-order valence-electron chi connectivity index (χ3n) is 13.4. The predicted molar refractivity (Wildman–Crippen MR) is 263 cm³/mol. The lowest BCUT2D eigenvalue weighted by Crippen LogP contribution is -2.07. The van der Waals surface area contributed by atoms with Crippen molar-refractivity contribution < 1.29 is 8.83 Å². The maximum atomic E-state index is 6.66. The van der Waals surface area contributed by atoms with E-state index in [0.29, 0.717) is 17.5 Å². The lowest BCUT2D eigenvalue weighted by atomic mass is 9.82. The van der Waals surface area contributed by atoms with Crippen LogP contribution in [0.2, 0.25) is 0 Å². The number of rotatable bonds is 4. The molecule has 0 fully saturated rings. The molecule has 300 valence electrons. The summed E-state index contributed by atoms with van der Waals surface area (Å²) in [7, 11) is 0. The minimum atomic E-state index is 0.0330. The number of para-hydroxylation sites is 2. The van der Waals surface area contributed by atoms with E-state index in [4.69, 9.17) is 23.8 Å². The molecular formula is C58H35N3O2S. The van der Waals surface area contributed by atoms with Crippen molar-refractivity contribution in [2.45, 2.75) is 18.8 Å². The minimum absolute atomic E-state index is 0.0330. The lowest BCUT2D eigenvalue weighted by molar-refractivity contribution is 0.668. The Bertz CT molecular complexity index is 3930. The van der Waals surface area contributed by atoms with Crippen LogP contribution in [0.3, 0.4) is 0 Å². The summed E-state index contributed by atoms with van der Waals surface area (Å²) < 4.78 is 15.4. The number of fused-ring (bicyclic) bond motifs is 13. The zero-order chi connectivity index (χ0) is 41.9. The number of thiophene rings is 1. The first kappa shape index (κ1) is 35.6. The van der Waals surface area contributed by atoms with Gasteiger partial charge in [0.05, 0.1) is 0 Å². The molecule has 1 unspecified atom stereocenters. The summed E-state index contributed by atoms with van der Waals surface area (Å²) in [6.45, 7) is 0. The van der Waals surface area contributed by atoms with Crippen molar-refractivity contribution in [1.82, 2.24) is 15.0 Å². The summed E-state index contributed by atoms with van der Waals surface area (Å²) >= 11 is 1.81. The Morgan fingerprint density at radius 3 is 1.89 bits per heavy atom. The van der Waals surface area contributed by atoms with Crippen LogP contribution >= 0.6 is 11.3 Å². The van der Waals surface area contributed by atoms with Gasteiger partial charge in [-0.1, -0.05) is 115 Å². The van der Waals surface area contributed by atoms with E-state index in [1.807, 2.05) is 35.6 Å². The first-order valence-corrected chi connectivity index (χ1v) is 22.7. The first-order chi connectivity index (χ1) is 31.7. The quantitative estimate of drug-likeness (QED) is 0.177. The Balaban J connectivity index is 1.05. The number of nitrogens with zero attached hydrogens (tertiary/aromatic N) is 3. The zero-order valence-electron chi connectivity index (χ0n) is 34.4. The van der Waals surface area contributed by atoms with E-state index >= 15 is 0 Å². The highest BCUT2D eigenvalue weighted by Gasteiger charge is 2.30. The highest BCUT2D eigenvalue weighted by atomic mass is 32.1. The van der Waals surface area contributed by atoms with E-state index in [9.17, 15) is 0 Å². The molecule has 4 aromatic heterocycles. The Morgan fingerprint density at radius 2 is 1.03 bits per heavy atom. The minimum Gasteiger partial charge on any atom is -0.456 e. The van der Waals surface area contributed by atoms with Gasteiger partial charge < -0.3 is 8.83 Å². The van der Waals surface area contributed by atoms with Gasteiger partial charge in [0.1, 0.15) is 22.3 Å². The predicted octanol–water partition coefficient (Wildman–Crippen LogP) is 15.9.